The van der Waals surface area contributed by atoms with Crippen molar-refractivity contribution in [1.29, 1.82) is 0 Å². The van der Waals surface area contributed by atoms with Gasteiger partial charge in [0.1, 0.15) is 5.75 Å². The molecule has 0 radical (unpaired) electrons. The number of carbonyl (C=O) groups is 3. The van der Waals surface area contributed by atoms with Gasteiger partial charge in [-0.1, -0.05) is 30.9 Å². The van der Waals surface area contributed by atoms with Crippen LogP contribution in [-0.2, 0) is 21.0 Å². The molecule has 0 heterocycles. The summed E-state index contributed by atoms with van der Waals surface area (Å²) in [5.74, 6) is -0.911. The van der Waals surface area contributed by atoms with E-state index in [0.29, 0.717) is 16.7 Å². The number of rotatable bonds is 10. The summed E-state index contributed by atoms with van der Waals surface area (Å²) in [5.41, 5.74) is 1.83. The van der Waals surface area contributed by atoms with Gasteiger partial charge in [-0.3, -0.25) is 9.59 Å². The van der Waals surface area contributed by atoms with E-state index in [2.05, 4.69) is 6.58 Å². The minimum atomic E-state index is -0.601. The number of aromatic hydroxyl groups is 1. The second kappa shape index (κ2) is 11.4. The van der Waals surface area contributed by atoms with Crippen LogP contribution in [0.5, 0.6) is 17.2 Å². The molecule has 0 spiro atoms. The van der Waals surface area contributed by atoms with E-state index in [1.807, 2.05) is 0 Å². The van der Waals surface area contributed by atoms with Crippen LogP contribution in [-0.4, -0.2) is 34.9 Å². The number of phenolic OH excluding ortho intramolecular Hbond substituents is 1. The summed E-state index contributed by atoms with van der Waals surface area (Å²) in [6.45, 7) is 4.66. The highest BCUT2D eigenvalue weighted by molar-refractivity contribution is 6.10. The topological polar surface area (TPSA) is 110 Å². The van der Waals surface area contributed by atoms with E-state index in [0.717, 1.165) is 0 Å². The van der Waals surface area contributed by atoms with Crippen LogP contribution >= 0.6 is 0 Å². The fourth-order valence-corrected chi connectivity index (χ4v) is 2.58. The smallest absolute Gasteiger partial charge is 0.338 e. The SMILES string of the molecule is C=C(C)C(=O)Oc1ccc(/C=C\C(=O)CC(=O)/C=C\c2ccc(O)c(OC)c2)cc1CO. The third kappa shape index (κ3) is 7.07. The number of ether oxygens (including phenoxy) is 2. The van der Waals surface area contributed by atoms with Crippen molar-refractivity contribution in [2.24, 2.45) is 0 Å². The first-order chi connectivity index (χ1) is 15.2. The van der Waals surface area contributed by atoms with Crippen LogP contribution < -0.4 is 9.47 Å². The number of allylic oxidation sites excluding steroid dienone is 2. The number of ketones is 2. The van der Waals surface area contributed by atoms with Crippen molar-refractivity contribution in [2.75, 3.05) is 7.11 Å². The largest absolute Gasteiger partial charge is 0.504 e. The average molecular weight is 436 g/mol. The molecule has 2 aromatic carbocycles. The average Bonchev–Trinajstić information content (AvgIpc) is 2.77. The molecule has 0 unspecified atom stereocenters. The highest BCUT2D eigenvalue weighted by Crippen LogP contribution is 2.26. The van der Waals surface area contributed by atoms with Gasteiger partial charge in [0.15, 0.2) is 23.1 Å². The van der Waals surface area contributed by atoms with Gasteiger partial charge in [0.25, 0.3) is 0 Å². The number of aliphatic hydroxyl groups is 1. The maximum atomic E-state index is 12.1. The summed E-state index contributed by atoms with van der Waals surface area (Å²) >= 11 is 0. The molecule has 0 aromatic heterocycles. The normalized spacial score (nSPS) is 11.0. The molecule has 0 fully saturated rings. The Morgan fingerprint density at radius 1 is 0.969 bits per heavy atom. The number of hydrogen-bond acceptors (Lipinski definition) is 7. The van der Waals surface area contributed by atoms with Crippen LogP contribution in [0.1, 0.15) is 30.0 Å². The summed E-state index contributed by atoms with van der Waals surface area (Å²) in [6, 6.07) is 9.32. The van der Waals surface area contributed by atoms with Crippen LogP contribution in [0.2, 0.25) is 0 Å². The van der Waals surface area contributed by atoms with Crippen molar-refractivity contribution in [3.8, 4) is 17.2 Å². The second-order valence-corrected chi connectivity index (χ2v) is 6.90. The van der Waals surface area contributed by atoms with E-state index in [-0.39, 0.29) is 41.6 Å². The van der Waals surface area contributed by atoms with Crippen LogP contribution in [0.4, 0.5) is 0 Å². The fourth-order valence-electron chi connectivity index (χ4n) is 2.58. The number of aliphatic hydroxyl groups excluding tert-OH is 1. The monoisotopic (exact) mass is 436 g/mol. The molecule has 7 heteroatoms. The van der Waals surface area contributed by atoms with Gasteiger partial charge in [-0.25, -0.2) is 4.79 Å². The summed E-state index contributed by atoms with van der Waals surface area (Å²) < 4.78 is 10.2. The lowest BCUT2D eigenvalue weighted by molar-refractivity contribution is -0.130. The molecule has 0 atom stereocenters. The summed E-state index contributed by atoms with van der Waals surface area (Å²) in [5, 5.41) is 19.1. The molecular formula is C25H24O7. The Kier molecular flexibility index (Phi) is 8.68. The molecule has 166 valence electrons. The Balaban J connectivity index is 1.99. The third-order valence-electron chi connectivity index (χ3n) is 4.28. The molecule has 0 aliphatic heterocycles. The van der Waals surface area contributed by atoms with E-state index < -0.39 is 11.8 Å². The molecule has 2 N–H and O–H groups in total. The zero-order chi connectivity index (χ0) is 23.7. The van der Waals surface area contributed by atoms with Crippen molar-refractivity contribution in [3.05, 3.63) is 77.4 Å². The fraction of sp³-hybridized carbons (Fsp3) is 0.160. The lowest BCUT2D eigenvalue weighted by atomic mass is 10.1. The Hall–Kier alpha value is -3.97. The Morgan fingerprint density at radius 3 is 2.12 bits per heavy atom. The third-order valence-corrected chi connectivity index (χ3v) is 4.28. The molecule has 0 aliphatic carbocycles. The van der Waals surface area contributed by atoms with Crippen LogP contribution in [0, 0.1) is 0 Å². The quantitative estimate of drug-likeness (QED) is 0.253. The van der Waals surface area contributed by atoms with Crippen LogP contribution in [0.25, 0.3) is 12.2 Å². The number of methoxy groups -OCH3 is 1. The number of phenols is 1. The summed E-state index contributed by atoms with van der Waals surface area (Å²) in [4.78, 5) is 35.8. The number of carbonyl (C=O) groups excluding carboxylic acids is 3. The van der Waals surface area contributed by atoms with Gasteiger partial charge < -0.3 is 19.7 Å². The highest BCUT2D eigenvalue weighted by atomic mass is 16.5. The molecule has 0 aliphatic rings. The van der Waals surface area contributed by atoms with Gasteiger partial charge in [0.05, 0.1) is 20.1 Å². The molecule has 2 aromatic rings. The molecule has 32 heavy (non-hydrogen) atoms. The maximum absolute atomic E-state index is 12.1. The zero-order valence-electron chi connectivity index (χ0n) is 17.8. The van der Waals surface area contributed by atoms with E-state index in [1.165, 1.54) is 50.5 Å². The first kappa shape index (κ1) is 24.3. The minimum absolute atomic E-state index is 0.0114. The predicted octanol–water partition coefficient (Wildman–Crippen LogP) is 3.63. The first-order valence-electron chi connectivity index (χ1n) is 9.63. The van der Waals surface area contributed by atoms with E-state index in [1.54, 1.807) is 24.3 Å². The lowest BCUT2D eigenvalue weighted by Gasteiger charge is -2.09. The summed E-state index contributed by atoms with van der Waals surface area (Å²) in [6.07, 6.45) is 5.27. The maximum Gasteiger partial charge on any atom is 0.338 e. The standard InChI is InChI=1S/C25H24O7/c1-16(2)25(30)32-23-11-7-17(12-19(23)15-26)4-8-20(27)14-21(28)9-5-18-6-10-22(29)24(13-18)31-3/h4-13,26,29H,1,14-15H2,2-3H3/b8-4-,9-5-. The van der Waals surface area contributed by atoms with Gasteiger partial charge in [0, 0.05) is 11.1 Å². The number of esters is 1. The molecular weight excluding hydrogens is 412 g/mol. The Bertz CT molecular complexity index is 1090. The Labute approximate surface area is 185 Å². The lowest BCUT2D eigenvalue weighted by Crippen LogP contribution is -2.09. The first-order valence-corrected chi connectivity index (χ1v) is 9.63. The van der Waals surface area contributed by atoms with Gasteiger partial charge in [0.2, 0.25) is 0 Å². The van der Waals surface area contributed by atoms with Crippen molar-refractivity contribution in [1.82, 2.24) is 0 Å². The van der Waals surface area contributed by atoms with Crippen molar-refractivity contribution < 1.29 is 34.1 Å². The molecule has 7 nitrogen and oxygen atoms in total. The minimum Gasteiger partial charge on any atom is -0.504 e. The molecule has 0 amide bonds. The van der Waals surface area contributed by atoms with Gasteiger partial charge in [-0.15, -0.1) is 0 Å². The van der Waals surface area contributed by atoms with E-state index in [9.17, 15) is 24.6 Å². The van der Waals surface area contributed by atoms with E-state index >= 15 is 0 Å². The van der Waals surface area contributed by atoms with Gasteiger partial charge in [-0.2, -0.15) is 0 Å². The molecule has 0 saturated heterocycles. The highest BCUT2D eigenvalue weighted by Gasteiger charge is 2.10. The summed E-state index contributed by atoms with van der Waals surface area (Å²) in [7, 11) is 1.42. The van der Waals surface area contributed by atoms with Crippen molar-refractivity contribution in [3.63, 3.8) is 0 Å². The van der Waals surface area contributed by atoms with E-state index in [4.69, 9.17) is 9.47 Å². The molecule has 0 saturated carbocycles. The number of benzene rings is 2. The van der Waals surface area contributed by atoms with Gasteiger partial charge >= 0.3 is 5.97 Å². The number of hydrogen-bond donors (Lipinski definition) is 2. The zero-order valence-corrected chi connectivity index (χ0v) is 17.8. The van der Waals surface area contributed by atoms with Crippen molar-refractivity contribution in [2.45, 2.75) is 20.0 Å². The van der Waals surface area contributed by atoms with Crippen LogP contribution in [0.15, 0.2) is 60.7 Å². The molecule has 0 bridgehead atoms. The molecule has 2 rings (SSSR count). The Morgan fingerprint density at radius 2 is 1.56 bits per heavy atom. The van der Waals surface area contributed by atoms with Gasteiger partial charge in [-0.05, 0) is 54.5 Å². The predicted molar refractivity (Wildman–Crippen MR) is 120 cm³/mol. The second-order valence-electron chi connectivity index (χ2n) is 6.90. The van der Waals surface area contributed by atoms with Crippen LogP contribution in [0.3, 0.4) is 0 Å². The van der Waals surface area contributed by atoms with Crippen molar-refractivity contribution >= 4 is 29.7 Å².